The molecular weight excluding hydrogens is 669 g/mol. The highest BCUT2D eigenvalue weighted by molar-refractivity contribution is 6.99. The van der Waals surface area contributed by atoms with Gasteiger partial charge in [0.2, 0.25) is 0 Å². The van der Waals surface area contributed by atoms with Gasteiger partial charge in [0.05, 0.1) is 32.3 Å². The van der Waals surface area contributed by atoms with E-state index in [9.17, 15) is 9.90 Å². The molecule has 0 fully saturated rings. The van der Waals surface area contributed by atoms with Crippen LogP contribution in [0.5, 0.6) is 5.75 Å². The quantitative estimate of drug-likeness (QED) is 0.104. The van der Waals surface area contributed by atoms with Crippen molar-refractivity contribution in [3.8, 4) is 5.75 Å². The third kappa shape index (κ3) is 11.1. The van der Waals surface area contributed by atoms with Gasteiger partial charge in [-0.3, -0.25) is 4.79 Å². The molecule has 0 aliphatic rings. The van der Waals surface area contributed by atoms with Gasteiger partial charge in [0, 0.05) is 19.1 Å². The zero-order valence-electron chi connectivity index (χ0n) is 33.3. The van der Waals surface area contributed by atoms with Crippen LogP contribution in [0.3, 0.4) is 0 Å². The maximum absolute atomic E-state index is 14.1. The van der Waals surface area contributed by atoms with Crippen LogP contribution >= 0.6 is 0 Å². The number of aliphatic hydroxyl groups is 1. The summed E-state index contributed by atoms with van der Waals surface area (Å²) in [5.74, 6) is -0.425. The van der Waals surface area contributed by atoms with Crippen molar-refractivity contribution < 1.29 is 28.2 Å². The molecule has 3 aromatic carbocycles. The van der Waals surface area contributed by atoms with E-state index in [1.807, 2.05) is 50.2 Å². The number of aliphatic hydroxyl groups excluding tert-OH is 1. The highest BCUT2D eigenvalue weighted by Gasteiger charge is 2.50. The van der Waals surface area contributed by atoms with E-state index in [0.717, 1.165) is 16.9 Å². The summed E-state index contributed by atoms with van der Waals surface area (Å²) in [6.45, 7) is 24.9. The summed E-state index contributed by atoms with van der Waals surface area (Å²) in [6, 6.07) is 28.9. The molecule has 0 heterocycles. The van der Waals surface area contributed by atoms with Crippen LogP contribution in [0.1, 0.15) is 67.9 Å². The number of ether oxygens (including phenoxy) is 2. The number of benzene rings is 3. The Kier molecular flexibility index (Phi) is 15.2. The molecular formula is C43H64O6Si2. The van der Waals surface area contributed by atoms with Crippen LogP contribution in [-0.4, -0.2) is 60.6 Å². The number of hydrogen-bond donors (Lipinski definition) is 1. The van der Waals surface area contributed by atoms with Gasteiger partial charge in [-0.25, -0.2) is 0 Å². The first-order chi connectivity index (χ1) is 23.8. The molecule has 0 unspecified atom stereocenters. The van der Waals surface area contributed by atoms with Gasteiger partial charge < -0.3 is 23.4 Å². The van der Waals surface area contributed by atoms with Crippen LogP contribution < -0.4 is 15.1 Å². The van der Waals surface area contributed by atoms with Gasteiger partial charge >= 0.3 is 0 Å². The van der Waals surface area contributed by atoms with Crippen molar-refractivity contribution in [3.63, 3.8) is 0 Å². The van der Waals surface area contributed by atoms with Crippen molar-refractivity contribution in [3.05, 3.63) is 102 Å². The van der Waals surface area contributed by atoms with E-state index >= 15 is 0 Å². The Morgan fingerprint density at radius 1 is 0.765 bits per heavy atom. The van der Waals surface area contributed by atoms with E-state index in [0.29, 0.717) is 13.2 Å². The number of rotatable bonds is 18. The van der Waals surface area contributed by atoms with Crippen LogP contribution in [0, 0.1) is 17.8 Å². The van der Waals surface area contributed by atoms with Gasteiger partial charge in [-0.15, -0.1) is 0 Å². The molecule has 0 aromatic heterocycles. The van der Waals surface area contributed by atoms with E-state index in [-0.39, 0.29) is 35.0 Å². The zero-order valence-corrected chi connectivity index (χ0v) is 35.3. The molecule has 0 spiro atoms. The lowest BCUT2D eigenvalue weighted by atomic mass is 9.86. The Bertz CT molecular complexity index is 1490. The monoisotopic (exact) mass is 732 g/mol. The van der Waals surface area contributed by atoms with Crippen molar-refractivity contribution in [1.82, 2.24) is 0 Å². The van der Waals surface area contributed by atoms with E-state index < -0.39 is 34.6 Å². The molecule has 0 bridgehead atoms. The fourth-order valence-electron chi connectivity index (χ4n) is 6.30. The molecule has 1 N–H and O–H groups in total. The third-order valence-electron chi connectivity index (χ3n) is 10.5. The minimum absolute atomic E-state index is 0.0105. The highest BCUT2D eigenvalue weighted by atomic mass is 28.4. The smallest absolute Gasteiger partial charge is 0.261 e. The zero-order chi connectivity index (χ0) is 38.0. The summed E-state index contributed by atoms with van der Waals surface area (Å²) in [7, 11) is -3.27. The molecule has 8 heteroatoms. The molecule has 0 saturated carbocycles. The lowest BCUT2D eigenvalue weighted by Gasteiger charge is -2.43. The van der Waals surface area contributed by atoms with Crippen molar-refractivity contribution in [2.75, 3.05) is 26.9 Å². The van der Waals surface area contributed by atoms with Crippen LogP contribution in [-0.2, 0) is 25.0 Å². The Morgan fingerprint density at radius 3 is 1.76 bits per heavy atom. The second kappa shape index (κ2) is 18.3. The van der Waals surface area contributed by atoms with Crippen molar-refractivity contribution in [2.24, 2.45) is 17.8 Å². The summed E-state index contributed by atoms with van der Waals surface area (Å²) >= 11 is 0. The normalized spacial score (nSPS) is 15.6. The first kappa shape index (κ1) is 42.6. The summed E-state index contributed by atoms with van der Waals surface area (Å²) in [4.78, 5) is 14.1. The average molecular weight is 733 g/mol. The van der Waals surface area contributed by atoms with E-state index in [2.05, 4.69) is 116 Å². The molecule has 3 rings (SSSR count). The molecule has 0 radical (unpaired) electrons. The molecule has 280 valence electrons. The Labute approximate surface area is 310 Å². The van der Waals surface area contributed by atoms with Crippen molar-refractivity contribution in [2.45, 2.75) is 98.2 Å². The van der Waals surface area contributed by atoms with Gasteiger partial charge in [-0.2, -0.15) is 0 Å². The van der Waals surface area contributed by atoms with Gasteiger partial charge in [0.25, 0.3) is 8.32 Å². The van der Waals surface area contributed by atoms with Gasteiger partial charge in [-0.05, 0) is 69.7 Å². The standard InChI is InChI=1S/C43H64O6Si2/c1-32(28-49-51(43(7,8)9,37-19-15-13-16-20-37)38-21-17-14-18-22-38)27-33(2)40(44)39(31-48-50(11,12)42(4,5)6)41(45)34(3)29-47-30-35-23-25-36(46-10)26-24-35/h13-27,32,34,39-40,44H,28-31H2,1-12H3/b33-27+/t32-,34-,39-,40-/m1/s1. The maximum atomic E-state index is 14.1. The molecule has 51 heavy (non-hydrogen) atoms. The van der Waals surface area contributed by atoms with Crippen molar-refractivity contribution in [1.29, 1.82) is 0 Å². The summed E-state index contributed by atoms with van der Waals surface area (Å²) in [5.41, 5.74) is 1.75. The maximum Gasteiger partial charge on any atom is 0.261 e. The number of hydrogen-bond acceptors (Lipinski definition) is 6. The van der Waals surface area contributed by atoms with Crippen LogP contribution in [0.4, 0.5) is 0 Å². The Morgan fingerprint density at radius 2 is 1.29 bits per heavy atom. The summed E-state index contributed by atoms with van der Waals surface area (Å²) in [6.07, 6.45) is 1.07. The highest BCUT2D eigenvalue weighted by Crippen LogP contribution is 2.38. The Balaban J connectivity index is 1.83. The molecule has 4 atom stereocenters. The number of carbonyl (C=O) groups is 1. The number of ketones is 1. The number of carbonyl (C=O) groups excluding carboxylic acids is 1. The number of methoxy groups -OCH3 is 1. The second-order valence-corrected chi connectivity index (χ2v) is 25.8. The SMILES string of the molecule is COc1ccc(COC[C@@H](C)C(=O)[C@H](CO[Si](C)(C)C(C)(C)C)[C@H](O)/C(C)=C/[C@@H](C)CO[Si](c2ccccc2)(c2ccccc2)C(C)(C)C)cc1. The van der Waals surface area contributed by atoms with Crippen molar-refractivity contribution >= 4 is 32.8 Å². The fourth-order valence-corrected chi connectivity index (χ4v) is 12.0. The Hall–Kier alpha value is -2.86. The summed E-state index contributed by atoms with van der Waals surface area (Å²) < 4.78 is 25.0. The largest absolute Gasteiger partial charge is 0.497 e. The molecule has 0 amide bonds. The summed E-state index contributed by atoms with van der Waals surface area (Å²) in [5, 5.41) is 14.2. The minimum Gasteiger partial charge on any atom is -0.497 e. The molecule has 0 aliphatic carbocycles. The fraction of sp³-hybridized carbons (Fsp3) is 0.512. The lowest BCUT2D eigenvalue weighted by molar-refractivity contribution is -0.132. The molecule has 0 saturated heterocycles. The van der Waals surface area contributed by atoms with E-state index in [1.165, 1.54) is 10.4 Å². The van der Waals surface area contributed by atoms with Crippen LogP contribution in [0.2, 0.25) is 23.2 Å². The number of Topliss-reactive ketones (excluding diaryl/α,β-unsaturated/α-hetero) is 1. The van der Waals surface area contributed by atoms with E-state index in [1.54, 1.807) is 7.11 Å². The lowest BCUT2D eigenvalue weighted by Crippen LogP contribution is -2.66. The molecule has 6 nitrogen and oxygen atoms in total. The van der Waals surface area contributed by atoms with Crippen LogP contribution in [0.15, 0.2) is 96.6 Å². The van der Waals surface area contributed by atoms with Gasteiger partial charge in [0.15, 0.2) is 8.32 Å². The van der Waals surface area contributed by atoms with E-state index in [4.69, 9.17) is 18.3 Å². The van der Waals surface area contributed by atoms with Gasteiger partial charge in [-0.1, -0.05) is 134 Å². The minimum atomic E-state index is -2.72. The molecule has 3 aromatic rings. The predicted molar refractivity (Wildman–Crippen MR) is 216 cm³/mol. The average Bonchev–Trinajstić information content (AvgIpc) is 3.08. The van der Waals surface area contributed by atoms with Crippen LogP contribution in [0.25, 0.3) is 0 Å². The second-order valence-electron chi connectivity index (χ2n) is 16.7. The van der Waals surface area contributed by atoms with Gasteiger partial charge in [0.1, 0.15) is 11.5 Å². The molecule has 0 aliphatic heterocycles. The first-order valence-corrected chi connectivity index (χ1v) is 23.2. The third-order valence-corrected chi connectivity index (χ3v) is 20.0. The predicted octanol–water partition coefficient (Wildman–Crippen LogP) is 8.57. The topological polar surface area (TPSA) is 74.2 Å². The first-order valence-electron chi connectivity index (χ1n) is 18.3.